The van der Waals surface area contributed by atoms with Crippen molar-refractivity contribution in [2.45, 2.75) is 83.5 Å². The van der Waals surface area contributed by atoms with Crippen molar-refractivity contribution in [1.82, 2.24) is 20.0 Å². The summed E-state index contributed by atoms with van der Waals surface area (Å²) in [5, 5.41) is 2.98. The Morgan fingerprint density at radius 3 is 2.36 bits per heavy atom. The molecule has 3 heterocycles. The standard InChI is InChI=1S/C20H34N4O4/c1-14(2)24-16(25)20(21-17(24)26)9-6-10-23(13-20)15-7-11-22(12-8-15)18(27)28-19(3,4)5/h14-15H,6-13H2,1-5H3,(H,21,26). The Morgan fingerprint density at radius 1 is 1.18 bits per heavy atom. The smallest absolute Gasteiger partial charge is 0.410 e. The van der Waals surface area contributed by atoms with Crippen LogP contribution in [0.4, 0.5) is 9.59 Å². The first-order valence-corrected chi connectivity index (χ1v) is 10.4. The van der Waals surface area contributed by atoms with E-state index in [1.165, 1.54) is 4.90 Å². The maximum absolute atomic E-state index is 13.0. The zero-order chi connectivity index (χ0) is 20.7. The summed E-state index contributed by atoms with van der Waals surface area (Å²) in [5.41, 5.74) is -1.28. The molecule has 0 saturated carbocycles. The van der Waals surface area contributed by atoms with E-state index in [1.54, 1.807) is 4.90 Å². The Kier molecular flexibility index (Phi) is 5.62. The van der Waals surface area contributed by atoms with Gasteiger partial charge in [-0.25, -0.2) is 9.59 Å². The third kappa shape index (κ3) is 4.11. The van der Waals surface area contributed by atoms with E-state index < -0.39 is 11.1 Å². The van der Waals surface area contributed by atoms with Gasteiger partial charge in [-0.1, -0.05) is 0 Å². The molecule has 3 fully saturated rings. The van der Waals surface area contributed by atoms with Crippen LogP contribution in [0.1, 0.15) is 60.3 Å². The zero-order valence-electron chi connectivity index (χ0n) is 17.8. The fourth-order valence-corrected chi connectivity index (χ4v) is 4.53. The van der Waals surface area contributed by atoms with Crippen molar-refractivity contribution >= 4 is 18.0 Å². The summed E-state index contributed by atoms with van der Waals surface area (Å²) in [5.74, 6) is -0.0941. The minimum Gasteiger partial charge on any atom is -0.444 e. The lowest BCUT2D eigenvalue weighted by Gasteiger charge is -2.45. The highest BCUT2D eigenvalue weighted by Crippen LogP contribution is 2.32. The average molecular weight is 395 g/mol. The topological polar surface area (TPSA) is 82.2 Å². The van der Waals surface area contributed by atoms with Gasteiger partial charge < -0.3 is 15.0 Å². The van der Waals surface area contributed by atoms with E-state index in [0.29, 0.717) is 32.1 Å². The van der Waals surface area contributed by atoms with E-state index in [4.69, 9.17) is 4.74 Å². The fourth-order valence-electron chi connectivity index (χ4n) is 4.53. The molecular weight excluding hydrogens is 360 g/mol. The van der Waals surface area contributed by atoms with Crippen LogP contribution < -0.4 is 5.32 Å². The van der Waals surface area contributed by atoms with Crippen LogP contribution in [0.3, 0.4) is 0 Å². The molecule has 0 bridgehead atoms. The number of amides is 4. The van der Waals surface area contributed by atoms with E-state index in [2.05, 4.69) is 10.2 Å². The Hall–Kier alpha value is -1.83. The van der Waals surface area contributed by atoms with E-state index in [0.717, 1.165) is 25.8 Å². The molecule has 1 atom stereocenters. The van der Waals surface area contributed by atoms with Gasteiger partial charge in [0.1, 0.15) is 11.1 Å². The molecule has 8 heteroatoms. The van der Waals surface area contributed by atoms with Crippen LogP contribution in [0.25, 0.3) is 0 Å². The van der Waals surface area contributed by atoms with Crippen molar-refractivity contribution in [3.8, 4) is 0 Å². The van der Waals surface area contributed by atoms with Gasteiger partial charge in [0.25, 0.3) is 5.91 Å². The number of carbonyl (C=O) groups is 3. The number of urea groups is 1. The lowest BCUT2D eigenvalue weighted by atomic mass is 9.86. The minimum atomic E-state index is -0.790. The van der Waals surface area contributed by atoms with Gasteiger partial charge in [-0.15, -0.1) is 0 Å². The molecule has 8 nitrogen and oxygen atoms in total. The van der Waals surface area contributed by atoms with Crippen LogP contribution >= 0.6 is 0 Å². The zero-order valence-corrected chi connectivity index (χ0v) is 17.8. The van der Waals surface area contributed by atoms with Crippen molar-refractivity contribution in [1.29, 1.82) is 0 Å². The first-order valence-electron chi connectivity index (χ1n) is 10.4. The van der Waals surface area contributed by atoms with Gasteiger partial charge in [0.15, 0.2) is 0 Å². The van der Waals surface area contributed by atoms with Crippen molar-refractivity contribution in [2.24, 2.45) is 0 Å². The maximum atomic E-state index is 13.0. The monoisotopic (exact) mass is 394 g/mol. The minimum absolute atomic E-state index is 0.0941. The molecule has 0 aromatic heterocycles. The highest BCUT2D eigenvalue weighted by molar-refractivity contribution is 6.07. The Balaban J connectivity index is 1.60. The van der Waals surface area contributed by atoms with Crippen LogP contribution in [0, 0.1) is 0 Å². The van der Waals surface area contributed by atoms with Gasteiger partial charge in [-0.3, -0.25) is 14.6 Å². The van der Waals surface area contributed by atoms with Gasteiger partial charge in [0.05, 0.1) is 0 Å². The summed E-state index contributed by atoms with van der Waals surface area (Å²) in [7, 11) is 0. The SMILES string of the molecule is CC(C)N1C(=O)NC2(CCCN(C3CCN(C(=O)OC(C)(C)C)CC3)C2)C1=O. The van der Waals surface area contributed by atoms with Crippen LogP contribution in [0.5, 0.6) is 0 Å². The Labute approximate surface area is 167 Å². The summed E-state index contributed by atoms with van der Waals surface area (Å²) >= 11 is 0. The number of nitrogens with zero attached hydrogens (tertiary/aromatic N) is 3. The summed E-state index contributed by atoms with van der Waals surface area (Å²) < 4.78 is 5.47. The summed E-state index contributed by atoms with van der Waals surface area (Å²) in [6.07, 6.45) is 3.02. The second kappa shape index (κ2) is 7.54. The maximum Gasteiger partial charge on any atom is 0.410 e. The number of piperidine rings is 2. The van der Waals surface area contributed by atoms with E-state index in [9.17, 15) is 14.4 Å². The number of rotatable bonds is 2. The van der Waals surface area contributed by atoms with Crippen molar-refractivity contribution in [3.63, 3.8) is 0 Å². The third-order valence-corrected chi connectivity index (χ3v) is 5.86. The first kappa shape index (κ1) is 20.9. The molecule has 0 radical (unpaired) electrons. The molecule has 1 N–H and O–H groups in total. The number of imide groups is 1. The third-order valence-electron chi connectivity index (χ3n) is 5.86. The first-order chi connectivity index (χ1) is 13.0. The molecule has 0 aliphatic carbocycles. The second-order valence-corrected chi connectivity index (χ2v) is 9.55. The lowest BCUT2D eigenvalue weighted by molar-refractivity contribution is -0.134. The van der Waals surface area contributed by atoms with Crippen LogP contribution in [-0.4, -0.2) is 82.1 Å². The van der Waals surface area contributed by atoms with E-state index >= 15 is 0 Å². The highest BCUT2D eigenvalue weighted by Gasteiger charge is 2.54. The lowest BCUT2D eigenvalue weighted by Crippen LogP contribution is -2.61. The summed E-state index contributed by atoms with van der Waals surface area (Å²) in [6.45, 7) is 12.1. The molecule has 3 saturated heterocycles. The molecule has 0 aromatic rings. The molecule has 28 heavy (non-hydrogen) atoms. The molecule has 158 valence electrons. The van der Waals surface area contributed by atoms with Gasteiger partial charge in [-0.2, -0.15) is 0 Å². The molecule has 1 spiro atoms. The molecule has 3 aliphatic rings. The Bertz CT molecular complexity index is 637. The molecule has 3 rings (SSSR count). The fraction of sp³-hybridized carbons (Fsp3) is 0.850. The van der Waals surface area contributed by atoms with Gasteiger partial charge in [0, 0.05) is 31.7 Å². The molecule has 1 unspecified atom stereocenters. The predicted octanol–water partition coefficient (Wildman–Crippen LogP) is 2.18. The molecule has 0 aromatic carbocycles. The molecule has 3 aliphatic heterocycles. The number of carbonyl (C=O) groups excluding carboxylic acids is 3. The van der Waals surface area contributed by atoms with Gasteiger partial charge in [-0.05, 0) is 66.8 Å². The van der Waals surface area contributed by atoms with Crippen LogP contribution in [0.2, 0.25) is 0 Å². The van der Waals surface area contributed by atoms with Crippen LogP contribution in [-0.2, 0) is 9.53 Å². The molecular formula is C20H34N4O4. The Morgan fingerprint density at radius 2 is 1.82 bits per heavy atom. The van der Waals surface area contributed by atoms with E-state index in [1.807, 2.05) is 34.6 Å². The number of hydrogen-bond acceptors (Lipinski definition) is 5. The quantitative estimate of drug-likeness (QED) is 0.726. The van der Waals surface area contributed by atoms with Crippen molar-refractivity contribution < 1.29 is 19.1 Å². The van der Waals surface area contributed by atoms with Crippen molar-refractivity contribution in [2.75, 3.05) is 26.2 Å². The number of nitrogens with one attached hydrogen (secondary N) is 1. The van der Waals surface area contributed by atoms with E-state index in [-0.39, 0.29) is 24.1 Å². The normalized spacial score (nSPS) is 27.6. The number of hydrogen-bond donors (Lipinski definition) is 1. The van der Waals surface area contributed by atoms with Crippen molar-refractivity contribution in [3.05, 3.63) is 0 Å². The number of likely N-dealkylation sites (tertiary alicyclic amines) is 2. The number of ether oxygens (including phenoxy) is 1. The average Bonchev–Trinajstić information content (AvgIpc) is 2.83. The summed E-state index contributed by atoms with van der Waals surface area (Å²) in [4.78, 5) is 43.0. The summed E-state index contributed by atoms with van der Waals surface area (Å²) in [6, 6.07) is -0.102. The van der Waals surface area contributed by atoms with Gasteiger partial charge >= 0.3 is 12.1 Å². The largest absolute Gasteiger partial charge is 0.444 e. The highest BCUT2D eigenvalue weighted by atomic mass is 16.6. The van der Waals surface area contributed by atoms with Crippen LogP contribution in [0.15, 0.2) is 0 Å². The molecule has 4 amide bonds. The predicted molar refractivity (Wildman–Crippen MR) is 105 cm³/mol. The second-order valence-electron chi connectivity index (χ2n) is 9.55. The van der Waals surface area contributed by atoms with Gasteiger partial charge in [0.2, 0.25) is 0 Å².